The Morgan fingerprint density at radius 3 is 2.95 bits per heavy atom. The van der Waals surface area contributed by atoms with Crippen LogP contribution < -0.4 is 10.1 Å². The summed E-state index contributed by atoms with van der Waals surface area (Å²) in [7, 11) is 0. The lowest BCUT2D eigenvalue weighted by atomic mass is 9.72. The number of ether oxygens (including phenoxy) is 1. The van der Waals surface area contributed by atoms with Crippen LogP contribution in [0.1, 0.15) is 50.7 Å². The summed E-state index contributed by atoms with van der Waals surface area (Å²) in [6, 6.07) is 6.54. The Morgan fingerprint density at radius 1 is 1.26 bits per heavy atom. The van der Waals surface area contributed by atoms with E-state index in [9.17, 15) is 0 Å². The maximum atomic E-state index is 6.04. The molecular formula is C17H25NO. The zero-order chi connectivity index (χ0) is 13.3. The van der Waals surface area contributed by atoms with Gasteiger partial charge in [0, 0.05) is 13.1 Å². The number of rotatable bonds is 3. The third kappa shape index (κ3) is 3.11. The molecule has 1 aliphatic heterocycles. The third-order valence-corrected chi connectivity index (χ3v) is 4.60. The summed E-state index contributed by atoms with van der Waals surface area (Å²) in [6.07, 6.45) is 5.36. The normalized spacial score (nSPS) is 25.1. The SMILES string of the molecule is CC1(C)CCCC(COc2ccc3c(c2)CNC3)C1. The van der Waals surface area contributed by atoms with Crippen LogP contribution >= 0.6 is 0 Å². The molecule has 1 heterocycles. The van der Waals surface area contributed by atoms with Gasteiger partial charge in [-0.05, 0) is 53.9 Å². The van der Waals surface area contributed by atoms with Crippen molar-refractivity contribution in [2.45, 2.75) is 52.6 Å². The Bertz CT molecular complexity index is 453. The van der Waals surface area contributed by atoms with Gasteiger partial charge >= 0.3 is 0 Å². The molecule has 1 aliphatic carbocycles. The average molecular weight is 259 g/mol. The van der Waals surface area contributed by atoms with Crippen LogP contribution in [0.2, 0.25) is 0 Å². The summed E-state index contributed by atoms with van der Waals surface area (Å²) in [6.45, 7) is 7.66. The fraction of sp³-hybridized carbons (Fsp3) is 0.647. The maximum Gasteiger partial charge on any atom is 0.119 e. The Kier molecular flexibility index (Phi) is 3.53. The molecule has 3 rings (SSSR count). The van der Waals surface area contributed by atoms with E-state index in [0.717, 1.165) is 31.4 Å². The van der Waals surface area contributed by atoms with Crippen molar-refractivity contribution in [3.05, 3.63) is 29.3 Å². The zero-order valence-electron chi connectivity index (χ0n) is 12.2. The van der Waals surface area contributed by atoms with Gasteiger partial charge in [-0.3, -0.25) is 0 Å². The molecule has 1 saturated carbocycles. The van der Waals surface area contributed by atoms with E-state index < -0.39 is 0 Å². The van der Waals surface area contributed by atoms with Gasteiger partial charge < -0.3 is 10.1 Å². The number of benzene rings is 1. The predicted molar refractivity (Wildman–Crippen MR) is 78.2 cm³/mol. The van der Waals surface area contributed by atoms with Crippen molar-refractivity contribution in [1.29, 1.82) is 0 Å². The smallest absolute Gasteiger partial charge is 0.119 e. The lowest BCUT2D eigenvalue weighted by molar-refractivity contribution is 0.129. The maximum absolute atomic E-state index is 6.04. The fourth-order valence-corrected chi connectivity index (χ4v) is 3.57. The average Bonchev–Trinajstić information content (AvgIpc) is 2.82. The topological polar surface area (TPSA) is 21.3 Å². The summed E-state index contributed by atoms with van der Waals surface area (Å²) in [4.78, 5) is 0. The molecule has 2 heteroatoms. The van der Waals surface area contributed by atoms with Crippen LogP contribution in [0.15, 0.2) is 18.2 Å². The second kappa shape index (κ2) is 5.16. The number of nitrogens with one attached hydrogen (secondary N) is 1. The fourth-order valence-electron chi connectivity index (χ4n) is 3.57. The van der Waals surface area contributed by atoms with Gasteiger partial charge in [0.2, 0.25) is 0 Å². The summed E-state index contributed by atoms with van der Waals surface area (Å²) in [5.74, 6) is 1.78. The highest BCUT2D eigenvalue weighted by atomic mass is 16.5. The number of hydrogen-bond acceptors (Lipinski definition) is 2. The Balaban J connectivity index is 1.57. The van der Waals surface area contributed by atoms with Gasteiger partial charge in [0.1, 0.15) is 5.75 Å². The van der Waals surface area contributed by atoms with Crippen LogP contribution in [0.25, 0.3) is 0 Å². The highest BCUT2D eigenvalue weighted by molar-refractivity contribution is 5.37. The van der Waals surface area contributed by atoms with Crippen LogP contribution in [0.4, 0.5) is 0 Å². The second-order valence-electron chi connectivity index (χ2n) is 6.97. The predicted octanol–water partition coefficient (Wildman–Crippen LogP) is 3.89. The Morgan fingerprint density at radius 2 is 2.11 bits per heavy atom. The molecule has 0 spiro atoms. The Labute approximate surface area is 116 Å². The van der Waals surface area contributed by atoms with E-state index >= 15 is 0 Å². The van der Waals surface area contributed by atoms with E-state index in [1.165, 1.54) is 36.8 Å². The zero-order valence-corrected chi connectivity index (χ0v) is 12.2. The van der Waals surface area contributed by atoms with Gasteiger partial charge in [0.25, 0.3) is 0 Å². The molecule has 104 valence electrons. The van der Waals surface area contributed by atoms with Crippen LogP contribution in [-0.4, -0.2) is 6.61 Å². The van der Waals surface area contributed by atoms with Crippen molar-refractivity contribution in [1.82, 2.24) is 5.32 Å². The van der Waals surface area contributed by atoms with Crippen LogP contribution in [0, 0.1) is 11.3 Å². The molecular weight excluding hydrogens is 234 g/mol. The second-order valence-corrected chi connectivity index (χ2v) is 6.97. The van der Waals surface area contributed by atoms with Crippen LogP contribution in [0.3, 0.4) is 0 Å². The van der Waals surface area contributed by atoms with E-state index in [1.54, 1.807) is 0 Å². The number of hydrogen-bond donors (Lipinski definition) is 1. The van der Waals surface area contributed by atoms with Crippen molar-refractivity contribution in [2.75, 3.05) is 6.61 Å². The van der Waals surface area contributed by atoms with Crippen molar-refractivity contribution >= 4 is 0 Å². The Hall–Kier alpha value is -1.02. The molecule has 19 heavy (non-hydrogen) atoms. The van der Waals surface area contributed by atoms with E-state index in [0.29, 0.717) is 5.41 Å². The first kappa shape index (κ1) is 13.0. The molecule has 1 N–H and O–H groups in total. The van der Waals surface area contributed by atoms with Crippen molar-refractivity contribution < 1.29 is 4.74 Å². The molecule has 1 aromatic rings. The summed E-state index contributed by atoms with van der Waals surface area (Å²) < 4.78 is 6.04. The highest BCUT2D eigenvalue weighted by Gasteiger charge is 2.28. The molecule has 1 aromatic carbocycles. The van der Waals surface area contributed by atoms with Gasteiger partial charge in [-0.25, -0.2) is 0 Å². The molecule has 1 unspecified atom stereocenters. The first-order valence-corrected chi connectivity index (χ1v) is 7.58. The standard InChI is InChI=1S/C17H25NO/c1-17(2)7-3-4-13(9-17)12-19-16-6-5-14-10-18-11-15(14)8-16/h5-6,8,13,18H,3-4,7,9-12H2,1-2H3. The van der Waals surface area contributed by atoms with E-state index in [1.807, 2.05) is 0 Å². The van der Waals surface area contributed by atoms with Crippen molar-refractivity contribution in [3.8, 4) is 5.75 Å². The molecule has 1 fully saturated rings. The van der Waals surface area contributed by atoms with Gasteiger partial charge in [-0.1, -0.05) is 26.3 Å². The first-order valence-electron chi connectivity index (χ1n) is 7.58. The van der Waals surface area contributed by atoms with Crippen LogP contribution in [0.5, 0.6) is 5.75 Å². The minimum absolute atomic E-state index is 0.508. The quantitative estimate of drug-likeness (QED) is 0.889. The van der Waals surface area contributed by atoms with E-state index in [-0.39, 0.29) is 0 Å². The largest absolute Gasteiger partial charge is 0.493 e. The minimum atomic E-state index is 0.508. The molecule has 0 radical (unpaired) electrons. The van der Waals surface area contributed by atoms with E-state index in [2.05, 4.69) is 37.4 Å². The molecule has 2 nitrogen and oxygen atoms in total. The molecule has 2 aliphatic rings. The van der Waals surface area contributed by atoms with Crippen LogP contribution in [-0.2, 0) is 13.1 Å². The van der Waals surface area contributed by atoms with Crippen molar-refractivity contribution in [2.24, 2.45) is 11.3 Å². The van der Waals surface area contributed by atoms with E-state index in [4.69, 9.17) is 4.74 Å². The van der Waals surface area contributed by atoms with Crippen molar-refractivity contribution in [3.63, 3.8) is 0 Å². The first-order chi connectivity index (χ1) is 9.12. The van der Waals surface area contributed by atoms with Gasteiger partial charge in [0.15, 0.2) is 0 Å². The minimum Gasteiger partial charge on any atom is -0.493 e. The van der Waals surface area contributed by atoms with Gasteiger partial charge in [0.05, 0.1) is 6.61 Å². The highest BCUT2D eigenvalue weighted by Crippen LogP contribution is 2.38. The van der Waals surface area contributed by atoms with Gasteiger partial charge in [-0.15, -0.1) is 0 Å². The molecule has 0 bridgehead atoms. The third-order valence-electron chi connectivity index (χ3n) is 4.60. The summed E-state index contributed by atoms with van der Waals surface area (Å²) >= 11 is 0. The lowest BCUT2D eigenvalue weighted by Gasteiger charge is -2.35. The molecule has 0 aromatic heterocycles. The lowest BCUT2D eigenvalue weighted by Crippen LogP contribution is -2.26. The molecule has 0 saturated heterocycles. The summed E-state index contributed by atoms with van der Waals surface area (Å²) in [5.41, 5.74) is 3.33. The van der Waals surface area contributed by atoms with Gasteiger partial charge in [-0.2, -0.15) is 0 Å². The number of fused-ring (bicyclic) bond motifs is 1. The molecule has 0 amide bonds. The summed E-state index contributed by atoms with van der Waals surface area (Å²) in [5, 5.41) is 3.38. The molecule has 1 atom stereocenters. The monoisotopic (exact) mass is 259 g/mol.